The summed E-state index contributed by atoms with van der Waals surface area (Å²) in [6, 6.07) is -0.850. The second-order valence-corrected chi connectivity index (χ2v) is 25.8. The molecule has 1 amide bonds. The monoisotopic (exact) mass is 1160 g/mol. The summed E-state index contributed by atoms with van der Waals surface area (Å²) >= 11 is 0. The van der Waals surface area contributed by atoms with Crippen molar-refractivity contribution in [3.63, 3.8) is 0 Å². The fourth-order valence-electron chi connectivity index (χ4n) is 9.91. The minimum Gasteiger partial charge on any atom is -0.456 e. The Labute approximate surface area is 502 Å². The van der Waals surface area contributed by atoms with Gasteiger partial charge in [-0.15, -0.1) is 0 Å². The molecule has 0 aliphatic rings. The van der Waals surface area contributed by atoms with Crippen LogP contribution in [0.3, 0.4) is 0 Å². The van der Waals surface area contributed by atoms with E-state index in [4.69, 9.17) is 13.8 Å². The number of likely N-dealkylation sites (N-methyl/N-ethyl adjacent to an activating group) is 1. The molecular formula is C71H132N2O7P+. The zero-order valence-corrected chi connectivity index (χ0v) is 54.9. The highest BCUT2D eigenvalue weighted by Gasteiger charge is 2.30. The Bertz CT molecular complexity index is 1620. The highest BCUT2D eigenvalue weighted by atomic mass is 31.2. The maximum atomic E-state index is 13.6. The number of carbonyl (C=O) groups is 2. The largest absolute Gasteiger partial charge is 0.472 e. The lowest BCUT2D eigenvalue weighted by atomic mass is 10.0. The number of carbonyl (C=O) groups excluding carboxylic acids is 2. The molecule has 9 nitrogen and oxygen atoms in total. The second kappa shape index (κ2) is 60.6. The van der Waals surface area contributed by atoms with E-state index in [9.17, 15) is 19.0 Å². The van der Waals surface area contributed by atoms with Gasteiger partial charge in [0.1, 0.15) is 19.3 Å². The van der Waals surface area contributed by atoms with Gasteiger partial charge in [-0.3, -0.25) is 18.6 Å². The zero-order chi connectivity index (χ0) is 59.3. The summed E-state index contributed by atoms with van der Waals surface area (Å²) in [4.78, 5) is 37.8. The summed E-state index contributed by atoms with van der Waals surface area (Å²) in [5, 5.41) is 3.07. The third kappa shape index (κ3) is 61.8. The van der Waals surface area contributed by atoms with Gasteiger partial charge in [0.25, 0.3) is 0 Å². The number of rotatable bonds is 62. The van der Waals surface area contributed by atoms with Gasteiger partial charge in [0.05, 0.1) is 33.8 Å². The summed E-state index contributed by atoms with van der Waals surface area (Å²) in [5.41, 5.74) is 0. The molecule has 0 fully saturated rings. The molecule has 472 valence electrons. The molecule has 0 saturated heterocycles. The van der Waals surface area contributed by atoms with Crippen molar-refractivity contribution in [3.05, 3.63) is 72.9 Å². The Balaban J connectivity index is 5.02. The molecule has 0 spiro atoms. The van der Waals surface area contributed by atoms with Gasteiger partial charge in [-0.1, -0.05) is 299 Å². The Hall–Kier alpha value is -2.55. The lowest BCUT2D eigenvalue weighted by molar-refractivity contribution is -0.870. The standard InChI is InChI=1S/C71H131N2O7P/c1-7-10-13-16-19-22-25-27-29-31-32-33-34-35-36-37-38-39-40-42-43-45-48-51-54-57-60-63-70(74)72-68(67-79-81(76,77)78-66-65-73(4,5)6)69(62-59-56-53-50-47-24-21-18-15-12-9-3)80-71(75)64-61-58-55-52-49-46-44-41-30-28-26-23-20-17-14-11-8-2/h10,13,19,22,27,29,32-33,35-36,59,62,68-69H,7-9,11-12,14-18,20-21,23-26,28,30-31,34,37-58,60-61,63-67H2,1-6H3,(H-,72,74,76,77)/p+1/b13-10-,22-19-,29-27-,33-32-,36-35-,62-59-. The summed E-state index contributed by atoms with van der Waals surface area (Å²) in [6.07, 6.45) is 79.1. The van der Waals surface area contributed by atoms with Crippen molar-refractivity contribution in [2.45, 2.75) is 328 Å². The molecule has 0 heterocycles. The van der Waals surface area contributed by atoms with Crippen LogP contribution >= 0.6 is 7.82 Å². The number of hydrogen-bond donors (Lipinski definition) is 2. The Morgan fingerprint density at radius 3 is 1.19 bits per heavy atom. The van der Waals surface area contributed by atoms with Gasteiger partial charge in [-0.2, -0.15) is 0 Å². The van der Waals surface area contributed by atoms with E-state index in [0.717, 1.165) is 89.9 Å². The fourth-order valence-corrected chi connectivity index (χ4v) is 10.6. The molecule has 3 unspecified atom stereocenters. The van der Waals surface area contributed by atoms with E-state index >= 15 is 0 Å². The van der Waals surface area contributed by atoms with Crippen LogP contribution < -0.4 is 5.32 Å². The maximum absolute atomic E-state index is 13.6. The van der Waals surface area contributed by atoms with Gasteiger partial charge in [0, 0.05) is 12.8 Å². The number of phosphoric acid groups is 1. The number of unbranched alkanes of at least 4 members (excludes halogenated alkanes) is 36. The lowest BCUT2D eigenvalue weighted by Crippen LogP contribution is -2.47. The van der Waals surface area contributed by atoms with Crippen LogP contribution in [0.4, 0.5) is 0 Å². The van der Waals surface area contributed by atoms with Crippen molar-refractivity contribution in [2.24, 2.45) is 0 Å². The Morgan fingerprint density at radius 2 is 0.790 bits per heavy atom. The average Bonchev–Trinajstić information content (AvgIpc) is 3.43. The number of amides is 1. The highest BCUT2D eigenvalue weighted by molar-refractivity contribution is 7.47. The van der Waals surface area contributed by atoms with Crippen LogP contribution in [0.1, 0.15) is 316 Å². The first kappa shape index (κ1) is 78.5. The number of phosphoric ester groups is 1. The molecule has 0 aromatic rings. The smallest absolute Gasteiger partial charge is 0.456 e. The molecule has 0 saturated carbocycles. The van der Waals surface area contributed by atoms with Gasteiger partial charge in [0.15, 0.2) is 0 Å². The number of esters is 1. The summed E-state index contributed by atoms with van der Waals surface area (Å²) in [6.45, 7) is 6.93. The number of quaternary nitrogens is 1. The molecule has 0 radical (unpaired) electrons. The van der Waals surface area contributed by atoms with Crippen molar-refractivity contribution in [1.82, 2.24) is 5.32 Å². The quantitative estimate of drug-likeness (QED) is 0.0205. The van der Waals surface area contributed by atoms with Gasteiger partial charge in [-0.05, 0) is 76.7 Å². The minimum absolute atomic E-state index is 0.0394. The van der Waals surface area contributed by atoms with E-state index in [-0.39, 0.29) is 25.1 Å². The van der Waals surface area contributed by atoms with Crippen molar-refractivity contribution < 1.29 is 37.3 Å². The molecular weight excluding hydrogens is 1020 g/mol. The minimum atomic E-state index is -4.45. The summed E-state index contributed by atoms with van der Waals surface area (Å²) in [5.74, 6) is -0.498. The van der Waals surface area contributed by atoms with Crippen LogP contribution in [-0.4, -0.2) is 74.3 Å². The molecule has 0 aliphatic carbocycles. The van der Waals surface area contributed by atoms with Crippen molar-refractivity contribution in [2.75, 3.05) is 40.9 Å². The molecule has 81 heavy (non-hydrogen) atoms. The van der Waals surface area contributed by atoms with Gasteiger partial charge >= 0.3 is 13.8 Å². The third-order valence-electron chi connectivity index (χ3n) is 15.2. The number of allylic oxidation sites excluding steroid dienone is 11. The normalized spacial score (nSPS) is 14.0. The lowest BCUT2D eigenvalue weighted by Gasteiger charge is -2.27. The van der Waals surface area contributed by atoms with E-state index in [1.807, 2.05) is 33.3 Å². The highest BCUT2D eigenvalue weighted by Crippen LogP contribution is 2.43. The average molecular weight is 1160 g/mol. The third-order valence-corrected chi connectivity index (χ3v) is 16.1. The fraction of sp³-hybridized carbons (Fsp3) is 0.803. The number of hydrogen-bond acceptors (Lipinski definition) is 6. The SMILES string of the molecule is CC/C=C\C/C=C\C/C=C\C/C=C\C/C=C\CCCCCCCCCCCCCC(=O)NC(COP(=O)(O)OCC[N+](C)(C)C)C(/C=C\CCCCCCCCCCC)OC(=O)CCCCCCCCCCCCCCCCCCC. The maximum Gasteiger partial charge on any atom is 0.472 e. The molecule has 0 aliphatic heterocycles. The number of ether oxygens (including phenoxy) is 1. The molecule has 0 bridgehead atoms. The molecule has 0 aromatic carbocycles. The van der Waals surface area contributed by atoms with E-state index in [2.05, 4.69) is 86.8 Å². The van der Waals surface area contributed by atoms with Crippen LogP contribution in [0.2, 0.25) is 0 Å². The van der Waals surface area contributed by atoms with Gasteiger partial charge < -0.3 is 19.4 Å². The van der Waals surface area contributed by atoms with E-state index in [1.165, 1.54) is 193 Å². The van der Waals surface area contributed by atoms with Crippen LogP contribution in [0.5, 0.6) is 0 Å². The number of nitrogens with one attached hydrogen (secondary N) is 1. The predicted octanol–water partition coefficient (Wildman–Crippen LogP) is 21.6. The first-order chi connectivity index (χ1) is 39.4. The van der Waals surface area contributed by atoms with Crippen LogP contribution in [-0.2, 0) is 27.9 Å². The molecule has 10 heteroatoms. The summed E-state index contributed by atoms with van der Waals surface area (Å²) < 4.78 is 30.8. The van der Waals surface area contributed by atoms with Crippen LogP contribution in [0, 0.1) is 0 Å². The van der Waals surface area contributed by atoms with Crippen molar-refractivity contribution in [3.8, 4) is 0 Å². The van der Waals surface area contributed by atoms with Crippen LogP contribution in [0.25, 0.3) is 0 Å². The first-order valence-corrected chi connectivity index (χ1v) is 35.8. The molecule has 3 atom stereocenters. The van der Waals surface area contributed by atoms with Crippen molar-refractivity contribution >= 4 is 19.7 Å². The predicted molar refractivity (Wildman–Crippen MR) is 351 cm³/mol. The zero-order valence-electron chi connectivity index (χ0n) is 54.0. The Morgan fingerprint density at radius 1 is 0.444 bits per heavy atom. The van der Waals surface area contributed by atoms with Gasteiger partial charge in [-0.25, -0.2) is 4.57 Å². The summed E-state index contributed by atoms with van der Waals surface area (Å²) in [7, 11) is 1.50. The first-order valence-electron chi connectivity index (χ1n) is 34.3. The second-order valence-electron chi connectivity index (χ2n) is 24.3. The molecule has 0 aromatic heterocycles. The Kier molecular flexibility index (Phi) is 58.7. The topological polar surface area (TPSA) is 111 Å². The molecule has 0 rings (SSSR count). The van der Waals surface area contributed by atoms with E-state index < -0.39 is 20.0 Å². The van der Waals surface area contributed by atoms with Crippen LogP contribution in [0.15, 0.2) is 72.9 Å². The van der Waals surface area contributed by atoms with E-state index in [1.54, 1.807) is 0 Å². The molecule has 2 N–H and O–H groups in total. The number of nitrogens with zero attached hydrogens (tertiary/aromatic N) is 1. The van der Waals surface area contributed by atoms with Crippen molar-refractivity contribution in [1.29, 1.82) is 0 Å². The van der Waals surface area contributed by atoms with Gasteiger partial charge in [0.2, 0.25) is 5.91 Å². The van der Waals surface area contributed by atoms with E-state index in [0.29, 0.717) is 23.9 Å².